The van der Waals surface area contributed by atoms with Crippen molar-refractivity contribution in [1.29, 1.82) is 0 Å². The van der Waals surface area contributed by atoms with Crippen molar-refractivity contribution in [2.45, 2.75) is 20.0 Å². The first-order valence-electron chi connectivity index (χ1n) is 9.08. The van der Waals surface area contributed by atoms with Gasteiger partial charge in [-0.2, -0.15) is 0 Å². The predicted octanol–water partition coefficient (Wildman–Crippen LogP) is 4.40. The van der Waals surface area contributed by atoms with Crippen molar-refractivity contribution in [3.8, 4) is 10.4 Å². The fraction of sp³-hybridized carbons (Fsp3) is 0.136. The molecule has 0 fully saturated rings. The molecule has 5 nitrogen and oxygen atoms in total. The monoisotopic (exact) mass is 423 g/mol. The number of halogens is 1. The highest BCUT2D eigenvalue weighted by molar-refractivity contribution is 7.22. The molecule has 0 radical (unpaired) electrons. The maximum Gasteiger partial charge on any atom is 0.262 e. The number of hydrogen-bond acceptors (Lipinski definition) is 4. The second kappa shape index (κ2) is 8.19. The smallest absolute Gasteiger partial charge is 0.262 e. The molecular formula is C22H18ClN3O2S. The molecule has 0 atom stereocenters. The summed E-state index contributed by atoms with van der Waals surface area (Å²) < 4.78 is 1.36. The van der Waals surface area contributed by atoms with E-state index in [1.54, 1.807) is 12.1 Å². The number of aryl methyl sites for hydroxylation is 1. The number of nitrogens with zero attached hydrogens (tertiary/aromatic N) is 2. The van der Waals surface area contributed by atoms with Crippen molar-refractivity contribution in [2.24, 2.45) is 0 Å². The van der Waals surface area contributed by atoms with Gasteiger partial charge in [0.15, 0.2) is 0 Å². The zero-order chi connectivity index (χ0) is 20.4. The van der Waals surface area contributed by atoms with E-state index in [0.29, 0.717) is 21.8 Å². The van der Waals surface area contributed by atoms with E-state index in [4.69, 9.17) is 11.6 Å². The van der Waals surface area contributed by atoms with Crippen molar-refractivity contribution in [2.75, 3.05) is 0 Å². The average molecular weight is 424 g/mol. The summed E-state index contributed by atoms with van der Waals surface area (Å²) in [6.45, 7) is 2.22. The first-order chi connectivity index (χ1) is 14.0. The molecule has 0 saturated carbocycles. The van der Waals surface area contributed by atoms with Gasteiger partial charge < -0.3 is 5.32 Å². The Morgan fingerprint density at radius 1 is 1.14 bits per heavy atom. The zero-order valence-corrected chi connectivity index (χ0v) is 17.3. The maximum atomic E-state index is 13.0. The fourth-order valence-electron chi connectivity index (χ4n) is 3.15. The van der Waals surface area contributed by atoms with Gasteiger partial charge in [-0.25, -0.2) is 4.98 Å². The first kappa shape index (κ1) is 19.4. The Kier molecular flexibility index (Phi) is 5.47. The van der Waals surface area contributed by atoms with Crippen molar-refractivity contribution in [1.82, 2.24) is 14.9 Å². The number of rotatable bonds is 5. The van der Waals surface area contributed by atoms with E-state index in [0.717, 1.165) is 21.6 Å². The average Bonchev–Trinajstić information content (AvgIpc) is 3.07. The molecule has 2 aromatic heterocycles. The molecule has 0 bridgehead atoms. The summed E-state index contributed by atoms with van der Waals surface area (Å²) in [5.41, 5.74) is 2.68. The highest BCUT2D eigenvalue weighted by atomic mass is 35.5. The predicted molar refractivity (Wildman–Crippen MR) is 117 cm³/mol. The summed E-state index contributed by atoms with van der Waals surface area (Å²) in [7, 11) is 0. The Morgan fingerprint density at radius 3 is 2.59 bits per heavy atom. The number of carbonyl (C=O) groups is 1. The molecule has 1 amide bonds. The van der Waals surface area contributed by atoms with Crippen LogP contribution in [0, 0.1) is 6.92 Å². The summed E-state index contributed by atoms with van der Waals surface area (Å²) >= 11 is 7.36. The minimum atomic E-state index is -0.251. The summed E-state index contributed by atoms with van der Waals surface area (Å²) in [5, 5.41) is 4.04. The van der Waals surface area contributed by atoms with Crippen LogP contribution in [-0.2, 0) is 17.9 Å². The summed E-state index contributed by atoms with van der Waals surface area (Å²) in [4.78, 5) is 31.4. The normalized spacial score (nSPS) is 11.0. The lowest BCUT2D eigenvalue weighted by Crippen LogP contribution is -2.32. The lowest BCUT2D eigenvalue weighted by molar-refractivity contribution is -0.121. The molecule has 0 spiro atoms. The van der Waals surface area contributed by atoms with Gasteiger partial charge in [0.1, 0.15) is 11.4 Å². The number of aromatic nitrogens is 2. The first-order valence-corrected chi connectivity index (χ1v) is 10.3. The number of hydrogen-bond donors (Lipinski definition) is 1. The van der Waals surface area contributed by atoms with Gasteiger partial charge in [0.2, 0.25) is 5.91 Å². The van der Waals surface area contributed by atoms with Crippen LogP contribution < -0.4 is 10.9 Å². The lowest BCUT2D eigenvalue weighted by Gasteiger charge is -2.07. The molecule has 29 heavy (non-hydrogen) atoms. The molecule has 0 aliphatic heterocycles. The summed E-state index contributed by atoms with van der Waals surface area (Å²) in [5.74, 6) is -0.251. The molecule has 2 aromatic carbocycles. The van der Waals surface area contributed by atoms with Crippen LogP contribution in [-0.4, -0.2) is 15.5 Å². The Hall–Kier alpha value is -2.96. The van der Waals surface area contributed by atoms with E-state index in [-0.39, 0.29) is 18.0 Å². The van der Waals surface area contributed by atoms with Crippen LogP contribution >= 0.6 is 22.9 Å². The molecule has 0 saturated heterocycles. The van der Waals surface area contributed by atoms with E-state index in [2.05, 4.69) is 10.3 Å². The van der Waals surface area contributed by atoms with Gasteiger partial charge in [-0.05, 0) is 35.7 Å². The van der Waals surface area contributed by atoms with Crippen LogP contribution in [0.4, 0.5) is 0 Å². The summed E-state index contributed by atoms with van der Waals surface area (Å²) in [6, 6.07) is 17.2. The molecule has 4 aromatic rings. The van der Waals surface area contributed by atoms with Crippen LogP contribution in [0.5, 0.6) is 0 Å². The van der Waals surface area contributed by atoms with Gasteiger partial charge in [0.05, 0.1) is 11.7 Å². The van der Waals surface area contributed by atoms with Crippen LogP contribution in [0.25, 0.3) is 20.7 Å². The van der Waals surface area contributed by atoms with Crippen molar-refractivity contribution >= 4 is 39.1 Å². The zero-order valence-electron chi connectivity index (χ0n) is 15.7. The van der Waals surface area contributed by atoms with E-state index < -0.39 is 0 Å². The molecule has 0 unspecified atom stereocenters. The van der Waals surface area contributed by atoms with Crippen molar-refractivity contribution in [3.63, 3.8) is 0 Å². The molecule has 146 valence electrons. The van der Waals surface area contributed by atoms with E-state index >= 15 is 0 Å². The second-order valence-electron chi connectivity index (χ2n) is 6.68. The quantitative estimate of drug-likeness (QED) is 0.517. The van der Waals surface area contributed by atoms with Gasteiger partial charge >= 0.3 is 0 Å². The molecule has 7 heteroatoms. The highest BCUT2D eigenvalue weighted by Crippen LogP contribution is 2.35. The Labute approximate surface area is 176 Å². The Morgan fingerprint density at radius 2 is 1.86 bits per heavy atom. The van der Waals surface area contributed by atoms with Crippen LogP contribution in [0.15, 0.2) is 65.7 Å². The Bertz CT molecular complexity index is 1230. The largest absolute Gasteiger partial charge is 0.350 e. The van der Waals surface area contributed by atoms with Crippen LogP contribution in [0.3, 0.4) is 0 Å². The van der Waals surface area contributed by atoms with Gasteiger partial charge in [-0.1, -0.05) is 54.1 Å². The molecule has 2 heterocycles. The molecule has 1 N–H and O–H groups in total. The lowest BCUT2D eigenvalue weighted by atomic mass is 10.1. The maximum absolute atomic E-state index is 13.0. The van der Waals surface area contributed by atoms with E-state index in [1.807, 2.05) is 49.4 Å². The highest BCUT2D eigenvalue weighted by Gasteiger charge is 2.16. The fourth-order valence-corrected chi connectivity index (χ4v) is 4.42. The third kappa shape index (κ3) is 4.09. The molecule has 0 aliphatic rings. The van der Waals surface area contributed by atoms with Crippen molar-refractivity contribution < 1.29 is 4.79 Å². The number of amides is 1. The standard InChI is InChI=1S/C22H18ClN3O2S/c1-14-19-21(29-20(14)16-5-3-2-4-6-16)25-13-26(22(19)28)12-18(27)24-11-15-7-9-17(23)10-8-15/h2-10,13H,11-12H2,1H3,(H,24,27). The Balaban J connectivity index is 1.56. The molecule has 4 rings (SSSR count). The van der Waals surface area contributed by atoms with E-state index in [1.165, 1.54) is 22.2 Å². The van der Waals surface area contributed by atoms with Crippen LogP contribution in [0.1, 0.15) is 11.1 Å². The minimum absolute atomic E-state index is 0.0781. The van der Waals surface area contributed by atoms with Gasteiger partial charge in [-0.15, -0.1) is 11.3 Å². The van der Waals surface area contributed by atoms with E-state index in [9.17, 15) is 9.59 Å². The molecule has 0 aliphatic carbocycles. The van der Waals surface area contributed by atoms with Gasteiger partial charge in [-0.3, -0.25) is 14.2 Å². The topological polar surface area (TPSA) is 64.0 Å². The third-order valence-corrected chi connectivity index (χ3v) is 6.17. The third-order valence-electron chi connectivity index (χ3n) is 4.67. The number of nitrogens with one attached hydrogen (secondary N) is 1. The van der Waals surface area contributed by atoms with Crippen LogP contribution in [0.2, 0.25) is 5.02 Å². The number of carbonyl (C=O) groups excluding carboxylic acids is 1. The van der Waals surface area contributed by atoms with Gasteiger partial charge in [0, 0.05) is 16.4 Å². The summed E-state index contributed by atoms with van der Waals surface area (Å²) in [6.07, 6.45) is 1.44. The number of benzene rings is 2. The van der Waals surface area contributed by atoms with Crippen molar-refractivity contribution in [3.05, 3.63) is 87.4 Å². The minimum Gasteiger partial charge on any atom is -0.350 e. The van der Waals surface area contributed by atoms with Gasteiger partial charge in [0.25, 0.3) is 5.56 Å². The SMILES string of the molecule is Cc1c(-c2ccccc2)sc2ncn(CC(=O)NCc3ccc(Cl)cc3)c(=O)c12. The number of fused-ring (bicyclic) bond motifs is 1. The second-order valence-corrected chi connectivity index (χ2v) is 8.12. The number of thiophene rings is 1. The molecular weight excluding hydrogens is 406 g/mol.